The van der Waals surface area contributed by atoms with Crippen molar-refractivity contribution in [2.24, 2.45) is 0 Å². The number of piperidine rings is 1. The molecule has 2 aromatic carbocycles. The highest BCUT2D eigenvalue weighted by Crippen LogP contribution is 2.29. The van der Waals surface area contributed by atoms with Crippen LogP contribution in [0.4, 0.5) is 4.39 Å². The first-order valence-electron chi connectivity index (χ1n) is 11.8. The number of benzene rings is 2. The van der Waals surface area contributed by atoms with Crippen LogP contribution in [0.2, 0.25) is 0 Å². The van der Waals surface area contributed by atoms with Crippen molar-refractivity contribution in [2.45, 2.75) is 32.2 Å². The Morgan fingerprint density at radius 2 is 1.97 bits per heavy atom. The lowest BCUT2D eigenvalue weighted by Gasteiger charge is -2.32. The summed E-state index contributed by atoms with van der Waals surface area (Å²) in [7, 11) is 0. The summed E-state index contributed by atoms with van der Waals surface area (Å²) in [4.78, 5) is 24.2. The zero-order valence-electron chi connectivity index (χ0n) is 19.6. The molecule has 0 aliphatic carbocycles. The monoisotopic (exact) mass is 470 g/mol. The van der Waals surface area contributed by atoms with Crippen molar-refractivity contribution < 1.29 is 13.9 Å². The number of amides is 1. The molecular formula is C28H27FN4O2. The van der Waals surface area contributed by atoms with Crippen LogP contribution < -0.4 is 4.74 Å². The first-order valence-corrected chi connectivity index (χ1v) is 11.8. The van der Waals surface area contributed by atoms with Gasteiger partial charge < -0.3 is 14.2 Å². The predicted octanol–water partition coefficient (Wildman–Crippen LogP) is 5.59. The molecule has 3 heterocycles. The summed E-state index contributed by atoms with van der Waals surface area (Å²) >= 11 is 0. The number of carbonyl (C=O) groups excluding carboxylic acids is 1. The smallest absolute Gasteiger partial charge is 0.253 e. The minimum Gasteiger partial charge on any atom is -0.439 e. The lowest BCUT2D eigenvalue weighted by molar-refractivity contribution is 0.0705. The second-order valence-corrected chi connectivity index (χ2v) is 8.85. The molecule has 0 saturated carbocycles. The molecule has 0 N–H and O–H groups in total. The number of aromatic nitrogens is 3. The van der Waals surface area contributed by atoms with Gasteiger partial charge in [0.05, 0.1) is 0 Å². The topological polar surface area (TPSA) is 60.2 Å². The van der Waals surface area contributed by atoms with Gasteiger partial charge in [-0.25, -0.2) is 14.4 Å². The maximum Gasteiger partial charge on any atom is 0.253 e. The van der Waals surface area contributed by atoms with Gasteiger partial charge in [-0.05, 0) is 55.7 Å². The van der Waals surface area contributed by atoms with E-state index in [0.29, 0.717) is 30.3 Å². The van der Waals surface area contributed by atoms with Crippen molar-refractivity contribution in [1.29, 1.82) is 0 Å². The van der Waals surface area contributed by atoms with Gasteiger partial charge in [-0.1, -0.05) is 24.3 Å². The molecule has 1 saturated heterocycles. The number of likely N-dealkylation sites (tertiary alicyclic amines) is 1. The van der Waals surface area contributed by atoms with Crippen LogP contribution in [0.1, 0.15) is 46.2 Å². The van der Waals surface area contributed by atoms with Crippen molar-refractivity contribution in [2.75, 3.05) is 13.1 Å². The van der Waals surface area contributed by atoms with E-state index in [2.05, 4.69) is 14.5 Å². The molecule has 178 valence electrons. The minimum atomic E-state index is -0.357. The second-order valence-electron chi connectivity index (χ2n) is 8.85. The number of pyridine rings is 1. The van der Waals surface area contributed by atoms with Gasteiger partial charge in [0.25, 0.3) is 5.91 Å². The largest absolute Gasteiger partial charge is 0.439 e. The number of hydrogen-bond acceptors (Lipinski definition) is 4. The van der Waals surface area contributed by atoms with E-state index < -0.39 is 0 Å². The number of nitrogens with zero attached hydrogens (tertiary/aromatic N) is 4. The van der Waals surface area contributed by atoms with Crippen LogP contribution >= 0.6 is 0 Å². The Hall–Kier alpha value is -4.00. The first kappa shape index (κ1) is 22.8. The molecule has 0 unspecified atom stereocenters. The summed E-state index contributed by atoms with van der Waals surface area (Å²) in [6.07, 6.45) is 5.57. The number of halogens is 1. The Balaban J connectivity index is 1.28. The van der Waals surface area contributed by atoms with E-state index in [9.17, 15) is 9.18 Å². The molecular weight excluding hydrogens is 443 g/mol. The van der Waals surface area contributed by atoms with Gasteiger partial charge in [0, 0.05) is 61.3 Å². The number of imidazole rings is 1. The quantitative estimate of drug-likeness (QED) is 0.369. The molecule has 1 aliphatic heterocycles. The van der Waals surface area contributed by atoms with E-state index in [1.54, 1.807) is 24.4 Å². The van der Waals surface area contributed by atoms with Crippen LogP contribution in [0.25, 0.3) is 0 Å². The third-order valence-electron chi connectivity index (χ3n) is 6.34. The van der Waals surface area contributed by atoms with Gasteiger partial charge in [-0.2, -0.15) is 0 Å². The molecule has 7 heteroatoms. The molecule has 4 aromatic rings. The zero-order chi connectivity index (χ0) is 24.2. The molecule has 1 atom stereocenters. The molecule has 0 spiro atoms. The third kappa shape index (κ3) is 5.40. The maximum absolute atomic E-state index is 13.5. The number of hydrogen-bond donors (Lipinski definition) is 0. The Morgan fingerprint density at radius 3 is 2.80 bits per heavy atom. The normalized spacial score (nSPS) is 15.7. The molecule has 6 nitrogen and oxygen atoms in total. The first-order chi connectivity index (χ1) is 17.0. The molecule has 5 rings (SSSR count). The molecule has 0 radical (unpaired) electrons. The Labute approximate surface area is 204 Å². The highest BCUT2D eigenvalue weighted by atomic mass is 19.1. The molecule has 0 bridgehead atoms. The van der Waals surface area contributed by atoms with Crippen molar-refractivity contribution >= 4 is 5.91 Å². The summed E-state index contributed by atoms with van der Waals surface area (Å²) in [5.41, 5.74) is 2.63. The van der Waals surface area contributed by atoms with E-state index in [1.165, 1.54) is 12.1 Å². The van der Waals surface area contributed by atoms with E-state index in [1.807, 2.05) is 54.4 Å². The van der Waals surface area contributed by atoms with E-state index >= 15 is 0 Å². The average molecular weight is 471 g/mol. The molecule has 1 amide bonds. The highest BCUT2D eigenvalue weighted by Gasteiger charge is 2.26. The molecule has 2 aromatic heterocycles. The van der Waals surface area contributed by atoms with Crippen LogP contribution in [-0.2, 0) is 6.54 Å². The van der Waals surface area contributed by atoms with Gasteiger partial charge in [0.1, 0.15) is 17.4 Å². The molecule has 1 fully saturated rings. The fraction of sp³-hybridized carbons (Fsp3) is 0.250. The van der Waals surface area contributed by atoms with Gasteiger partial charge in [-0.15, -0.1) is 0 Å². The summed E-state index contributed by atoms with van der Waals surface area (Å²) < 4.78 is 21.3. The van der Waals surface area contributed by atoms with Crippen LogP contribution in [0.15, 0.2) is 79.1 Å². The van der Waals surface area contributed by atoms with E-state index in [4.69, 9.17) is 4.74 Å². The lowest BCUT2D eigenvalue weighted by Crippen LogP contribution is -2.39. The fourth-order valence-electron chi connectivity index (χ4n) is 4.52. The average Bonchev–Trinajstić information content (AvgIpc) is 3.28. The Kier molecular flexibility index (Phi) is 6.57. The van der Waals surface area contributed by atoms with Crippen LogP contribution in [0.3, 0.4) is 0 Å². The maximum atomic E-state index is 13.5. The number of rotatable bonds is 6. The lowest BCUT2D eigenvalue weighted by atomic mass is 9.93. The van der Waals surface area contributed by atoms with Crippen LogP contribution in [-0.4, -0.2) is 38.4 Å². The fourth-order valence-corrected chi connectivity index (χ4v) is 4.52. The SMILES string of the molecule is Cc1nccn1Cc1cccc(C(=O)N2CCC[C@H](c3cccc(Oc4cccc(F)c4)n3)C2)c1. The standard InChI is InChI=1S/C28H27FN4O2/c1-20-30-13-15-32(20)18-21-6-2-7-22(16-21)28(34)33-14-5-8-23(19-33)26-11-4-12-27(31-26)35-25-10-3-9-24(29)17-25/h2-4,6-7,9-13,15-17,23H,5,8,14,18-19H2,1H3/t23-/m0/s1. The van der Waals surface area contributed by atoms with E-state index in [0.717, 1.165) is 36.5 Å². The summed E-state index contributed by atoms with van der Waals surface area (Å²) in [5.74, 6) is 1.55. The number of ether oxygens (including phenoxy) is 1. The number of carbonyl (C=O) groups is 1. The van der Waals surface area contributed by atoms with E-state index in [-0.39, 0.29) is 17.6 Å². The van der Waals surface area contributed by atoms with Crippen molar-refractivity contribution in [3.63, 3.8) is 0 Å². The highest BCUT2D eigenvalue weighted by molar-refractivity contribution is 5.94. The predicted molar refractivity (Wildman–Crippen MR) is 131 cm³/mol. The third-order valence-corrected chi connectivity index (χ3v) is 6.34. The van der Waals surface area contributed by atoms with Gasteiger partial charge in [0.2, 0.25) is 5.88 Å². The minimum absolute atomic E-state index is 0.0334. The summed E-state index contributed by atoms with van der Waals surface area (Å²) in [6, 6.07) is 19.4. The van der Waals surface area contributed by atoms with Crippen LogP contribution in [0, 0.1) is 12.7 Å². The second kappa shape index (κ2) is 10.1. The van der Waals surface area contributed by atoms with Gasteiger partial charge >= 0.3 is 0 Å². The van der Waals surface area contributed by atoms with Crippen molar-refractivity contribution in [3.8, 4) is 11.6 Å². The zero-order valence-corrected chi connectivity index (χ0v) is 19.6. The number of aryl methyl sites for hydroxylation is 1. The van der Waals surface area contributed by atoms with Gasteiger partial charge in [-0.3, -0.25) is 4.79 Å². The Bertz CT molecular complexity index is 1340. The summed E-state index contributed by atoms with van der Waals surface area (Å²) in [6.45, 7) is 3.96. The summed E-state index contributed by atoms with van der Waals surface area (Å²) in [5, 5.41) is 0. The van der Waals surface area contributed by atoms with Crippen molar-refractivity contribution in [1.82, 2.24) is 19.4 Å². The molecule has 1 aliphatic rings. The van der Waals surface area contributed by atoms with Crippen molar-refractivity contribution in [3.05, 3.63) is 108 Å². The Morgan fingerprint density at radius 1 is 1.11 bits per heavy atom. The van der Waals surface area contributed by atoms with Gasteiger partial charge in [0.15, 0.2) is 0 Å². The molecule has 35 heavy (non-hydrogen) atoms. The van der Waals surface area contributed by atoms with Crippen LogP contribution in [0.5, 0.6) is 11.6 Å².